The van der Waals surface area contributed by atoms with Crippen LogP contribution in [0.4, 0.5) is 18.9 Å². The molecule has 0 amide bonds. The Bertz CT molecular complexity index is 485. The van der Waals surface area contributed by atoms with E-state index in [9.17, 15) is 18.0 Å². The second-order valence-corrected chi connectivity index (χ2v) is 5.43. The fourth-order valence-corrected chi connectivity index (χ4v) is 2.72. The Balaban J connectivity index is 1.99. The second kappa shape index (κ2) is 6.37. The summed E-state index contributed by atoms with van der Waals surface area (Å²) in [6, 6.07) is 5.16. The van der Waals surface area contributed by atoms with E-state index in [-0.39, 0.29) is 12.3 Å². The van der Waals surface area contributed by atoms with Crippen LogP contribution >= 0.6 is 0 Å². The van der Waals surface area contributed by atoms with Gasteiger partial charge in [-0.25, -0.2) is 0 Å². The van der Waals surface area contributed by atoms with Crippen molar-refractivity contribution < 1.29 is 23.1 Å². The molecule has 1 heterocycles. The maximum atomic E-state index is 12.5. The lowest BCUT2D eigenvalue weighted by Gasteiger charge is -2.34. The smallest absolute Gasteiger partial charge is 0.416 e. The van der Waals surface area contributed by atoms with Gasteiger partial charge in [0.1, 0.15) is 0 Å². The highest BCUT2D eigenvalue weighted by atomic mass is 19.4. The Labute approximate surface area is 121 Å². The number of carbonyl (C=O) groups is 1. The molecule has 0 aliphatic carbocycles. The number of benzene rings is 1. The molecule has 0 aromatic heterocycles. The van der Waals surface area contributed by atoms with E-state index in [0.717, 1.165) is 37.2 Å². The summed E-state index contributed by atoms with van der Waals surface area (Å²) in [5.74, 6) is -0.515. The number of piperidine rings is 1. The Kier molecular flexibility index (Phi) is 4.75. The summed E-state index contributed by atoms with van der Waals surface area (Å²) < 4.78 is 37.6. The molecule has 21 heavy (non-hydrogen) atoms. The standard InChI is InChI=1S/C15H18F3NO2/c16-15(17,18)12-4-6-13(7-5-12)19-9-1-2-11(10-19)3-8-14(20)21/h4-7,11H,1-3,8-10H2,(H,20,21). The lowest BCUT2D eigenvalue weighted by Crippen LogP contribution is -2.35. The molecule has 116 valence electrons. The molecule has 1 aliphatic rings. The van der Waals surface area contributed by atoms with E-state index in [2.05, 4.69) is 0 Å². The van der Waals surface area contributed by atoms with Crippen molar-refractivity contribution in [3.8, 4) is 0 Å². The largest absolute Gasteiger partial charge is 0.481 e. The summed E-state index contributed by atoms with van der Waals surface area (Å²) in [5, 5.41) is 8.71. The first kappa shape index (κ1) is 15.7. The highest BCUT2D eigenvalue weighted by Gasteiger charge is 2.30. The van der Waals surface area contributed by atoms with Crippen LogP contribution in [-0.4, -0.2) is 24.2 Å². The highest BCUT2D eigenvalue weighted by Crippen LogP contribution is 2.32. The summed E-state index contributed by atoms with van der Waals surface area (Å²) in [6.45, 7) is 1.51. The number of halogens is 3. The van der Waals surface area contributed by atoms with Crippen LogP contribution in [0.5, 0.6) is 0 Å². The average Bonchev–Trinajstić information content (AvgIpc) is 2.45. The summed E-state index contributed by atoms with van der Waals surface area (Å²) >= 11 is 0. The summed E-state index contributed by atoms with van der Waals surface area (Å²) in [5.41, 5.74) is 0.119. The maximum absolute atomic E-state index is 12.5. The number of hydrogen-bond donors (Lipinski definition) is 1. The molecular weight excluding hydrogens is 283 g/mol. The zero-order chi connectivity index (χ0) is 15.5. The van der Waals surface area contributed by atoms with Crippen molar-refractivity contribution in [2.24, 2.45) is 5.92 Å². The minimum absolute atomic E-state index is 0.144. The van der Waals surface area contributed by atoms with Crippen LogP contribution in [0.25, 0.3) is 0 Å². The van der Waals surface area contributed by atoms with Gasteiger partial charge in [0.2, 0.25) is 0 Å². The van der Waals surface area contributed by atoms with Crippen molar-refractivity contribution in [3.63, 3.8) is 0 Å². The van der Waals surface area contributed by atoms with E-state index in [1.165, 1.54) is 12.1 Å². The van der Waals surface area contributed by atoms with Crippen LogP contribution in [0.1, 0.15) is 31.2 Å². The molecule has 1 N–H and O–H groups in total. The quantitative estimate of drug-likeness (QED) is 0.920. The van der Waals surface area contributed by atoms with E-state index in [1.54, 1.807) is 0 Å². The van der Waals surface area contributed by atoms with Crippen molar-refractivity contribution in [2.75, 3.05) is 18.0 Å². The third-order valence-electron chi connectivity index (χ3n) is 3.85. The molecule has 6 heteroatoms. The molecule has 1 aromatic carbocycles. The van der Waals surface area contributed by atoms with Gasteiger partial charge in [-0.1, -0.05) is 0 Å². The predicted octanol–water partition coefficient (Wildman–Crippen LogP) is 3.79. The molecule has 1 fully saturated rings. The first-order valence-electron chi connectivity index (χ1n) is 7.00. The van der Waals surface area contributed by atoms with Crippen molar-refractivity contribution in [1.29, 1.82) is 0 Å². The third-order valence-corrected chi connectivity index (χ3v) is 3.85. The van der Waals surface area contributed by atoms with Crippen molar-refractivity contribution >= 4 is 11.7 Å². The molecule has 1 saturated heterocycles. The summed E-state index contributed by atoms with van der Waals surface area (Å²) in [7, 11) is 0. The van der Waals surface area contributed by atoms with Gasteiger partial charge in [0.15, 0.2) is 0 Å². The molecule has 0 saturated carbocycles. The van der Waals surface area contributed by atoms with Gasteiger partial charge in [-0.05, 0) is 49.4 Å². The Morgan fingerprint density at radius 3 is 2.52 bits per heavy atom. The third kappa shape index (κ3) is 4.37. The lowest BCUT2D eigenvalue weighted by molar-refractivity contribution is -0.138. The van der Waals surface area contributed by atoms with Gasteiger partial charge >= 0.3 is 12.1 Å². The van der Waals surface area contributed by atoms with Crippen LogP contribution in [0.2, 0.25) is 0 Å². The molecular formula is C15H18F3NO2. The molecule has 1 aliphatic heterocycles. The summed E-state index contributed by atoms with van der Waals surface area (Å²) in [4.78, 5) is 12.6. The zero-order valence-electron chi connectivity index (χ0n) is 11.6. The SMILES string of the molecule is O=C(O)CCC1CCCN(c2ccc(C(F)(F)F)cc2)C1. The lowest BCUT2D eigenvalue weighted by atomic mass is 9.93. The van der Waals surface area contributed by atoms with E-state index in [1.807, 2.05) is 4.90 Å². The maximum Gasteiger partial charge on any atom is 0.416 e. The first-order valence-corrected chi connectivity index (χ1v) is 7.00. The first-order chi connectivity index (χ1) is 9.86. The number of anilines is 1. The van der Waals surface area contributed by atoms with Crippen LogP contribution in [-0.2, 0) is 11.0 Å². The number of carboxylic acids is 1. The fourth-order valence-electron chi connectivity index (χ4n) is 2.72. The van der Waals surface area contributed by atoms with E-state index < -0.39 is 17.7 Å². The van der Waals surface area contributed by atoms with Crippen LogP contribution in [0.15, 0.2) is 24.3 Å². The zero-order valence-corrected chi connectivity index (χ0v) is 11.6. The minimum atomic E-state index is -4.32. The van der Waals surface area contributed by atoms with E-state index in [4.69, 9.17) is 5.11 Å². The number of nitrogens with zero attached hydrogens (tertiary/aromatic N) is 1. The van der Waals surface area contributed by atoms with Gasteiger partial charge in [-0.15, -0.1) is 0 Å². The van der Waals surface area contributed by atoms with Crippen molar-refractivity contribution in [2.45, 2.75) is 31.9 Å². The molecule has 0 radical (unpaired) electrons. The molecule has 1 atom stereocenters. The molecule has 1 aromatic rings. The predicted molar refractivity (Wildman–Crippen MR) is 73.3 cm³/mol. The van der Waals surface area contributed by atoms with Crippen LogP contribution < -0.4 is 4.90 Å². The van der Waals surface area contributed by atoms with Crippen molar-refractivity contribution in [3.05, 3.63) is 29.8 Å². The van der Waals surface area contributed by atoms with Crippen LogP contribution in [0.3, 0.4) is 0 Å². The molecule has 2 rings (SSSR count). The average molecular weight is 301 g/mol. The fraction of sp³-hybridized carbons (Fsp3) is 0.533. The van der Waals surface area contributed by atoms with Gasteiger partial charge < -0.3 is 10.0 Å². The second-order valence-electron chi connectivity index (χ2n) is 5.43. The number of alkyl halides is 3. The number of hydrogen-bond acceptors (Lipinski definition) is 2. The Morgan fingerprint density at radius 2 is 1.95 bits per heavy atom. The molecule has 0 bridgehead atoms. The summed E-state index contributed by atoms with van der Waals surface area (Å²) in [6.07, 6.45) is -1.64. The molecule has 0 spiro atoms. The normalized spacial score (nSPS) is 19.6. The van der Waals surface area contributed by atoms with Gasteiger partial charge in [-0.2, -0.15) is 13.2 Å². The van der Waals surface area contributed by atoms with Gasteiger partial charge in [0.05, 0.1) is 5.56 Å². The number of aliphatic carboxylic acids is 1. The van der Waals surface area contributed by atoms with E-state index >= 15 is 0 Å². The molecule has 3 nitrogen and oxygen atoms in total. The van der Waals surface area contributed by atoms with E-state index in [0.29, 0.717) is 13.0 Å². The Hall–Kier alpha value is -1.72. The van der Waals surface area contributed by atoms with Gasteiger partial charge in [0.25, 0.3) is 0 Å². The van der Waals surface area contributed by atoms with Crippen LogP contribution in [0, 0.1) is 5.92 Å². The van der Waals surface area contributed by atoms with Gasteiger partial charge in [0, 0.05) is 25.2 Å². The Morgan fingerprint density at radius 1 is 1.29 bits per heavy atom. The minimum Gasteiger partial charge on any atom is -0.481 e. The highest BCUT2D eigenvalue weighted by molar-refractivity contribution is 5.66. The number of carboxylic acid groups (broad SMARTS) is 1. The topological polar surface area (TPSA) is 40.5 Å². The monoisotopic (exact) mass is 301 g/mol. The van der Waals surface area contributed by atoms with Crippen molar-refractivity contribution in [1.82, 2.24) is 0 Å². The number of rotatable bonds is 4. The molecule has 1 unspecified atom stereocenters. The van der Waals surface area contributed by atoms with Gasteiger partial charge in [-0.3, -0.25) is 4.79 Å².